The summed E-state index contributed by atoms with van der Waals surface area (Å²) < 4.78 is 30.5. The Bertz CT molecular complexity index is 1120. The molecular formula is C24H21FN2O4. The van der Waals surface area contributed by atoms with E-state index in [4.69, 9.17) is 18.7 Å². The van der Waals surface area contributed by atoms with Crippen LogP contribution in [0.5, 0.6) is 5.75 Å². The molecule has 31 heavy (non-hydrogen) atoms. The monoisotopic (exact) mass is 420 g/mol. The highest BCUT2D eigenvalue weighted by atomic mass is 19.1. The Labute approximate surface area is 178 Å². The fourth-order valence-corrected chi connectivity index (χ4v) is 4.26. The third kappa shape index (κ3) is 3.79. The predicted octanol–water partition coefficient (Wildman–Crippen LogP) is 5.21. The predicted molar refractivity (Wildman–Crippen MR) is 112 cm³/mol. The van der Waals surface area contributed by atoms with E-state index in [0.717, 1.165) is 36.3 Å². The van der Waals surface area contributed by atoms with Gasteiger partial charge in [-0.1, -0.05) is 12.1 Å². The number of halogens is 1. The molecule has 1 aromatic carbocycles. The molecule has 0 radical (unpaired) electrons. The van der Waals surface area contributed by atoms with Gasteiger partial charge in [0.15, 0.2) is 18.2 Å². The molecular weight excluding hydrogens is 399 g/mol. The zero-order valence-electron chi connectivity index (χ0n) is 16.7. The van der Waals surface area contributed by atoms with E-state index in [1.54, 1.807) is 30.7 Å². The van der Waals surface area contributed by atoms with Crippen molar-refractivity contribution in [2.45, 2.75) is 25.3 Å². The minimum atomic E-state index is -0.511. The van der Waals surface area contributed by atoms with Crippen LogP contribution in [0.4, 0.5) is 4.39 Å². The third-order valence-electron chi connectivity index (χ3n) is 5.64. The number of furan rings is 2. The smallest absolute Gasteiger partial charge is 0.281 e. The number of hydrogen-bond acceptors (Lipinski definition) is 5. The van der Waals surface area contributed by atoms with Crippen molar-refractivity contribution in [3.63, 3.8) is 0 Å². The van der Waals surface area contributed by atoms with Crippen LogP contribution in [0, 0.1) is 11.7 Å². The Hall–Kier alpha value is -3.61. The number of hydrazone groups is 1. The Morgan fingerprint density at radius 1 is 1.16 bits per heavy atom. The SMILES string of the molecule is O=C(COc1ccccc1F)N1N=C2/C(=C\c3ccco3)CCCC2C1c1ccco1. The fraction of sp³-hybridized carbons (Fsp3) is 0.250. The number of para-hydroxylation sites is 1. The largest absolute Gasteiger partial charge is 0.481 e. The van der Waals surface area contributed by atoms with E-state index in [1.807, 2.05) is 24.3 Å². The van der Waals surface area contributed by atoms with Gasteiger partial charge in [0.1, 0.15) is 17.6 Å². The zero-order valence-corrected chi connectivity index (χ0v) is 16.7. The first-order valence-electron chi connectivity index (χ1n) is 10.3. The van der Waals surface area contributed by atoms with E-state index in [1.165, 1.54) is 17.1 Å². The van der Waals surface area contributed by atoms with Crippen LogP contribution in [-0.2, 0) is 4.79 Å². The Morgan fingerprint density at radius 3 is 2.77 bits per heavy atom. The third-order valence-corrected chi connectivity index (χ3v) is 5.64. The maximum Gasteiger partial charge on any atom is 0.281 e. The average Bonchev–Trinajstić information content (AvgIpc) is 3.53. The van der Waals surface area contributed by atoms with Crippen molar-refractivity contribution in [1.29, 1.82) is 0 Å². The van der Waals surface area contributed by atoms with Crippen LogP contribution < -0.4 is 4.74 Å². The number of rotatable bonds is 5. The molecule has 2 aromatic heterocycles. The Balaban J connectivity index is 1.44. The molecule has 1 saturated carbocycles. The number of carbonyl (C=O) groups excluding carboxylic acids is 1. The molecule has 6 nitrogen and oxygen atoms in total. The number of ether oxygens (including phenoxy) is 1. The van der Waals surface area contributed by atoms with E-state index in [2.05, 4.69) is 0 Å². The van der Waals surface area contributed by atoms with Crippen molar-refractivity contribution in [1.82, 2.24) is 5.01 Å². The molecule has 1 amide bonds. The number of nitrogens with zero attached hydrogens (tertiary/aromatic N) is 2. The minimum Gasteiger partial charge on any atom is -0.481 e. The molecule has 5 rings (SSSR count). The topological polar surface area (TPSA) is 68.2 Å². The van der Waals surface area contributed by atoms with Gasteiger partial charge in [0, 0.05) is 5.92 Å². The summed E-state index contributed by atoms with van der Waals surface area (Å²) in [7, 11) is 0. The van der Waals surface area contributed by atoms with E-state index < -0.39 is 5.82 Å². The molecule has 2 atom stereocenters. The van der Waals surface area contributed by atoms with E-state index in [9.17, 15) is 9.18 Å². The van der Waals surface area contributed by atoms with Crippen LogP contribution in [-0.4, -0.2) is 23.2 Å². The summed E-state index contributed by atoms with van der Waals surface area (Å²) in [5, 5.41) is 6.13. The quantitative estimate of drug-likeness (QED) is 0.568. The first kappa shape index (κ1) is 19.4. The van der Waals surface area contributed by atoms with Crippen molar-refractivity contribution in [3.8, 4) is 5.75 Å². The van der Waals surface area contributed by atoms with Crippen LogP contribution in [0.25, 0.3) is 6.08 Å². The molecule has 0 spiro atoms. The van der Waals surface area contributed by atoms with Crippen LogP contribution >= 0.6 is 0 Å². The van der Waals surface area contributed by atoms with Gasteiger partial charge in [0.2, 0.25) is 0 Å². The summed E-state index contributed by atoms with van der Waals surface area (Å²) in [6.45, 7) is -0.321. The summed E-state index contributed by atoms with van der Waals surface area (Å²) in [4.78, 5) is 13.1. The molecule has 0 N–H and O–H groups in total. The van der Waals surface area contributed by atoms with Crippen molar-refractivity contribution in [2.75, 3.05) is 6.61 Å². The van der Waals surface area contributed by atoms with Gasteiger partial charge in [-0.25, -0.2) is 9.40 Å². The molecule has 0 bridgehead atoms. The molecule has 1 fully saturated rings. The first-order chi connectivity index (χ1) is 15.2. The summed E-state index contributed by atoms with van der Waals surface area (Å²) in [5.74, 6) is 0.598. The standard InChI is InChI=1S/C24H21FN2O4/c25-19-9-1-2-10-20(19)31-15-22(28)27-24(21-11-5-13-30-21)18-8-3-6-16(23(18)26-27)14-17-7-4-12-29-17/h1-2,4-5,7,9-14,18,24H,3,6,8,15H2/b16-14-. The lowest BCUT2D eigenvalue weighted by molar-refractivity contribution is -0.136. The van der Waals surface area contributed by atoms with Gasteiger partial charge in [-0.05, 0) is 67.3 Å². The number of amides is 1. The van der Waals surface area contributed by atoms with Gasteiger partial charge in [0.25, 0.3) is 5.91 Å². The van der Waals surface area contributed by atoms with E-state index >= 15 is 0 Å². The molecule has 3 heterocycles. The van der Waals surface area contributed by atoms with Crippen LogP contribution in [0.15, 0.2) is 80.6 Å². The highest BCUT2D eigenvalue weighted by molar-refractivity contribution is 6.08. The summed E-state index contributed by atoms with van der Waals surface area (Å²) >= 11 is 0. The number of carbonyl (C=O) groups is 1. The van der Waals surface area contributed by atoms with Gasteiger partial charge >= 0.3 is 0 Å². The molecule has 3 aromatic rings. The summed E-state index contributed by atoms with van der Waals surface area (Å²) in [5.41, 5.74) is 1.91. The molecule has 158 valence electrons. The van der Waals surface area contributed by atoms with Crippen LogP contribution in [0.2, 0.25) is 0 Å². The number of allylic oxidation sites excluding steroid dienone is 1. The summed E-state index contributed by atoms with van der Waals surface area (Å²) in [6, 6.07) is 13.0. The second-order valence-corrected chi connectivity index (χ2v) is 7.59. The lowest BCUT2D eigenvalue weighted by Gasteiger charge is -2.27. The van der Waals surface area contributed by atoms with Crippen LogP contribution in [0.1, 0.15) is 36.8 Å². The van der Waals surface area contributed by atoms with Gasteiger partial charge in [-0.2, -0.15) is 5.10 Å². The Kier molecular flexibility index (Phi) is 5.16. The molecule has 2 aliphatic rings. The van der Waals surface area contributed by atoms with Crippen molar-refractivity contribution < 1.29 is 22.8 Å². The fourth-order valence-electron chi connectivity index (χ4n) is 4.26. The highest BCUT2D eigenvalue weighted by Gasteiger charge is 2.45. The normalized spacial score (nSPS) is 21.8. The van der Waals surface area contributed by atoms with Crippen molar-refractivity contribution in [2.24, 2.45) is 11.0 Å². The van der Waals surface area contributed by atoms with E-state index in [0.29, 0.717) is 5.76 Å². The van der Waals surface area contributed by atoms with Gasteiger partial charge in [-0.15, -0.1) is 0 Å². The Morgan fingerprint density at radius 2 is 2.00 bits per heavy atom. The number of hydrogen-bond donors (Lipinski definition) is 0. The lowest BCUT2D eigenvalue weighted by atomic mass is 9.79. The van der Waals surface area contributed by atoms with Gasteiger partial charge in [0.05, 0.1) is 18.2 Å². The number of fused-ring (bicyclic) bond motifs is 1. The molecule has 1 aliphatic heterocycles. The molecule has 2 unspecified atom stereocenters. The lowest BCUT2D eigenvalue weighted by Crippen LogP contribution is -2.34. The average molecular weight is 420 g/mol. The highest BCUT2D eigenvalue weighted by Crippen LogP contribution is 2.44. The van der Waals surface area contributed by atoms with Crippen molar-refractivity contribution in [3.05, 3.63) is 84.0 Å². The second-order valence-electron chi connectivity index (χ2n) is 7.59. The molecule has 7 heteroatoms. The van der Waals surface area contributed by atoms with Crippen LogP contribution in [0.3, 0.4) is 0 Å². The first-order valence-corrected chi connectivity index (χ1v) is 10.3. The molecule has 1 aliphatic carbocycles. The maximum atomic E-state index is 13.9. The van der Waals surface area contributed by atoms with Gasteiger partial charge in [-0.3, -0.25) is 4.79 Å². The number of benzene rings is 1. The summed E-state index contributed by atoms with van der Waals surface area (Å²) in [6.07, 6.45) is 7.92. The second kappa shape index (κ2) is 8.26. The maximum absolute atomic E-state index is 13.9. The minimum absolute atomic E-state index is 0.0125. The molecule has 0 saturated heterocycles. The van der Waals surface area contributed by atoms with E-state index in [-0.39, 0.29) is 30.2 Å². The zero-order chi connectivity index (χ0) is 21.2. The van der Waals surface area contributed by atoms with Crippen molar-refractivity contribution >= 4 is 17.7 Å². The van der Waals surface area contributed by atoms with Gasteiger partial charge < -0.3 is 13.6 Å².